The molecule has 4 rings (SSSR count). The highest BCUT2D eigenvalue weighted by Gasteiger charge is 2.31. The van der Waals surface area contributed by atoms with Gasteiger partial charge in [0.1, 0.15) is 12.3 Å². The molecule has 192 valence electrons. The number of ether oxygens (including phenoxy) is 1. The molecule has 1 atom stereocenters. The Morgan fingerprint density at radius 3 is 2.32 bits per heavy atom. The van der Waals surface area contributed by atoms with Crippen molar-refractivity contribution in [1.82, 2.24) is 9.80 Å². The first kappa shape index (κ1) is 26.0. The van der Waals surface area contributed by atoms with Gasteiger partial charge in [0, 0.05) is 18.7 Å². The molecule has 6 nitrogen and oxygen atoms in total. The Morgan fingerprint density at radius 2 is 1.65 bits per heavy atom. The van der Waals surface area contributed by atoms with Crippen LogP contribution >= 0.6 is 0 Å². The van der Waals surface area contributed by atoms with Crippen LogP contribution in [0, 0.1) is 5.41 Å². The SMILES string of the molecule is COc1ccc(C2/C=C\CN(C(=O)Nc3ccccc3-c3ccccc3)CC(=O)N2CC(C)(C)C)cc1. The van der Waals surface area contributed by atoms with Crippen molar-refractivity contribution >= 4 is 17.6 Å². The monoisotopic (exact) mass is 497 g/mol. The first-order valence-corrected chi connectivity index (χ1v) is 12.6. The number of hydrogen-bond donors (Lipinski definition) is 1. The topological polar surface area (TPSA) is 61.9 Å². The van der Waals surface area contributed by atoms with Crippen LogP contribution in [0.25, 0.3) is 11.1 Å². The van der Waals surface area contributed by atoms with Crippen LogP contribution in [0.2, 0.25) is 0 Å². The molecule has 0 spiro atoms. The molecule has 0 radical (unpaired) electrons. The van der Waals surface area contributed by atoms with Crippen molar-refractivity contribution in [1.29, 1.82) is 0 Å². The number of carbonyl (C=O) groups is 2. The van der Waals surface area contributed by atoms with E-state index < -0.39 is 0 Å². The quantitative estimate of drug-likeness (QED) is 0.416. The molecule has 1 heterocycles. The zero-order valence-electron chi connectivity index (χ0n) is 22.0. The van der Waals surface area contributed by atoms with Gasteiger partial charge in [0.05, 0.1) is 18.8 Å². The highest BCUT2D eigenvalue weighted by molar-refractivity contribution is 5.96. The number of rotatable bonds is 5. The van der Waals surface area contributed by atoms with E-state index in [4.69, 9.17) is 4.74 Å². The number of carbonyl (C=O) groups excluding carboxylic acids is 2. The molecule has 0 aromatic heterocycles. The van der Waals surface area contributed by atoms with Crippen molar-refractivity contribution in [2.24, 2.45) is 5.41 Å². The van der Waals surface area contributed by atoms with E-state index in [-0.39, 0.29) is 29.9 Å². The normalized spacial score (nSPS) is 17.1. The third-order valence-corrected chi connectivity index (χ3v) is 6.27. The van der Waals surface area contributed by atoms with Gasteiger partial charge >= 0.3 is 6.03 Å². The van der Waals surface area contributed by atoms with Crippen molar-refractivity contribution in [2.75, 3.05) is 32.1 Å². The van der Waals surface area contributed by atoms with Gasteiger partial charge in [-0.15, -0.1) is 0 Å². The molecule has 1 N–H and O–H groups in total. The maximum atomic E-state index is 13.7. The number of urea groups is 1. The average Bonchev–Trinajstić information content (AvgIpc) is 2.88. The average molecular weight is 498 g/mol. The molecule has 0 fully saturated rings. The smallest absolute Gasteiger partial charge is 0.322 e. The summed E-state index contributed by atoms with van der Waals surface area (Å²) < 4.78 is 5.31. The first-order chi connectivity index (χ1) is 17.7. The first-order valence-electron chi connectivity index (χ1n) is 12.6. The van der Waals surface area contributed by atoms with Gasteiger partial charge in [0.25, 0.3) is 0 Å². The van der Waals surface area contributed by atoms with Gasteiger partial charge < -0.3 is 19.9 Å². The van der Waals surface area contributed by atoms with Gasteiger partial charge in [-0.3, -0.25) is 4.79 Å². The summed E-state index contributed by atoms with van der Waals surface area (Å²) in [6, 6.07) is 24.9. The predicted octanol–water partition coefficient (Wildman–Crippen LogP) is 6.38. The number of benzene rings is 3. The van der Waals surface area contributed by atoms with Crippen LogP contribution in [0.1, 0.15) is 32.4 Å². The van der Waals surface area contributed by atoms with Crippen LogP contribution in [-0.2, 0) is 4.79 Å². The third-order valence-electron chi connectivity index (χ3n) is 6.27. The van der Waals surface area contributed by atoms with Crippen LogP contribution < -0.4 is 10.1 Å². The van der Waals surface area contributed by atoms with Crippen molar-refractivity contribution < 1.29 is 14.3 Å². The summed E-state index contributed by atoms with van der Waals surface area (Å²) >= 11 is 0. The summed E-state index contributed by atoms with van der Waals surface area (Å²) in [6.45, 7) is 7.21. The Labute approximate surface area is 219 Å². The number of nitrogens with one attached hydrogen (secondary N) is 1. The molecule has 6 heteroatoms. The minimum absolute atomic E-state index is 0.00753. The summed E-state index contributed by atoms with van der Waals surface area (Å²) in [5.41, 5.74) is 3.54. The molecule has 37 heavy (non-hydrogen) atoms. The zero-order chi connectivity index (χ0) is 26.4. The number of amides is 3. The van der Waals surface area contributed by atoms with Crippen LogP contribution in [0.5, 0.6) is 5.75 Å². The standard InChI is InChI=1S/C31H35N3O3/c1-31(2,3)22-34-28(24-16-18-25(37-4)19-17-24)15-10-20-33(21-29(34)35)30(36)32-27-14-9-8-13-26(27)23-11-6-5-7-12-23/h5-19,28H,20-22H2,1-4H3,(H,32,36)/b15-10-. The summed E-state index contributed by atoms with van der Waals surface area (Å²) in [4.78, 5) is 30.5. The maximum Gasteiger partial charge on any atom is 0.322 e. The Kier molecular flexibility index (Phi) is 7.97. The Morgan fingerprint density at radius 1 is 0.973 bits per heavy atom. The van der Waals surface area contributed by atoms with Gasteiger partial charge in [0.15, 0.2) is 0 Å². The molecule has 1 unspecified atom stereocenters. The maximum absolute atomic E-state index is 13.7. The van der Waals surface area contributed by atoms with Crippen LogP contribution in [0.15, 0.2) is 91.0 Å². The molecule has 0 bridgehead atoms. The minimum atomic E-state index is -0.306. The second-order valence-electron chi connectivity index (χ2n) is 10.5. The number of anilines is 1. The molecular formula is C31H35N3O3. The largest absolute Gasteiger partial charge is 0.497 e. The lowest BCUT2D eigenvalue weighted by Gasteiger charge is -2.38. The lowest BCUT2D eigenvalue weighted by atomic mass is 9.93. The Balaban J connectivity index is 1.58. The summed E-state index contributed by atoms with van der Waals surface area (Å²) in [5.74, 6) is 0.678. The van der Waals surface area contributed by atoms with E-state index >= 15 is 0 Å². The molecule has 0 saturated carbocycles. The molecule has 1 aliphatic heterocycles. The molecule has 0 aliphatic carbocycles. The fourth-order valence-electron chi connectivity index (χ4n) is 4.49. The third kappa shape index (κ3) is 6.58. The molecule has 1 aliphatic rings. The van der Waals surface area contributed by atoms with Crippen LogP contribution in [0.4, 0.5) is 10.5 Å². The van der Waals surface area contributed by atoms with Crippen molar-refractivity contribution in [3.8, 4) is 16.9 Å². The fraction of sp³-hybridized carbons (Fsp3) is 0.290. The van der Waals surface area contributed by atoms with E-state index in [1.165, 1.54) is 0 Å². The molecular weight excluding hydrogens is 462 g/mol. The zero-order valence-corrected chi connectivity index (χ0v) is 22.0. The van der Waals surface area contributed by atoms with E-state index in [1.807, 2.05) is 95.9 Å². The van der Waals surface area contributed by atoms with Crippen molar-refractivity contribution in [2.45, 2.75) is 26.8 Å². The van der Waals surface area contributed by atoms with E-state index in [1.54, 1.807) is 12.0 Å². The summed E-state index contributed by atoms with van der Waals surface area (Å²) in [5, 5.41) is 3.03. The Hall–Kier alpha value is -4.06. The van der Waals surface area contributed by atoms with E-state index in [0.29, 0.717) is 18.8 Å². The van der Waals surface area contributed by atoms with E-state index in [9.17, 15) is 9.59 Å². The summed E-state index contributed by atoms with van der Waals surface area (Å²) in [7, 11) is 1.64. The minimum Gasteiger partial charge on any atom is -0.497 e. The number of para-hydroxylation sites is 1. The Bertz CT molecular complexity index is 1250. The van der Waals surface area contributed by atoms with Gasteiger partial charge in [-0.05, 0) is 34.7 Å². The van der Waals surface area contributed by atoms with Gasteiger partial charge in [-0.2, -0.15) is 0 Å². The summed E-state index contributed by atoms with van der Waals surface area (Å²) in [6.07, 6.45) is 3.99. The van der Waals surface area contributed by atoms with Crippen LogP contribution in [0.3, 0.4) is 0 Å². The second-order valence-corrected chi connectivity index (χ2v) is 10.5. The predicted molar refractivity (Wildman–Crippen MR) is 149 cm³/mol. The van der Waals surface area contributed by atoms with Crippen LogP contribution in [-0.4, -0.2) is 48.5 Å². The lowest BCUT2D eigenvalue weighted by molar-refractivity contribution is -0.135. The van der Waals surface area contributed by atoms with E-state index in [0.717, 1.165) is 22.4 Å². The second kappa shape index (κ2) is 11.3. The van der Waals surface area contributed by atoms with Gasteiger partial charge in [0.2, 0.25) is 5.91 Å². The van der Waals surface area contributed by atoms with Crippen molar-refractivity contribution in [3.05, 3.63) is 96.6 Å². The molecule has 3 aromatic rings. The van der Waals surface area contributed by atoms with Gasteiger partial charge in [-0.1, -0.05) is 93.6 Å². The number of nitrogens with zero attached hydrogens (tertiary/aromatic N) is 2. The highest BCUT2D eigenvalue weighted by atomic mass is 16.5. The number of hydrogen-bond acceptors (Lipinski definition) is 3. The molecule has 0 saturated heterocycles. The highest BCUT2D eigenvalue weighted by Crippen LogP contribution is 2.31. The van der Waals surface area contributed by atoms with Crippen molar-refractivity contribution in [3.63, 3.8) is 0 Å². The fourth-order valence-corrected chi connectivity index (χ4v) is 4.49. The number of methoxy groups -OCH3 is 1. The molecule has 3 amide bonds. The molecule has 3 aromatic carbocycles. The lowest BCUT2D eigenvalue weighted by Crippen LogP contribution is -2.48. The van der Waals surface area contributed by atoms with E-state index in [2.05, 4.69) is 26.1 Å². The van der Waals surface area contributed by atoms with Gasteiger partial charge in [-0.25, -0.2) is 4.79 Å².